The van der Waals surface area contributed by atoms with Crippen molar-refractivity contribution in [3.8, 4) is 0 Å². The van der Waals surface area contributed by atoms with Gasteiger partial charge in [0.25, 0.3) is 0 Å². The lowest BCUT2D eigenvalue weighted by Crippen LogP contribution is -2.27. The van der Waals surface area contributed by atoms with E-state index in [2.05, 4.69) is 5.32 Å². The Labute approximate surface area is 105 Å². The number of halogens is 2. The number of carbonyl (C=O) groups excluding carboxylic acids is 1. The van der Waals surface area contributed by atoms with E-state index in [1.54, 1.807) is 26.8 Å². The number of benzene rings is 1. The lowest BCUT2D eigenvalue weighted by Gasteiger charge is -2.20. The largest absolute Gasteiger partial charge is 0.444 e. The lowest BCUT2D eigenvalue weighted by molar-refractivity contribution is 0.0636. The van der Waals surface area contributed by atoms with Crippen LogP contribution in [0.2, 0.25) is 0 Å². The Bertz CT molecular complexity index is 415. The Morgan fingerprint density at radius 1 is 1.47 bits per heavy atom. The van der Waals surface area contributed by atoms with E-state index in [-0.39, 0.29) is 11.4 Å². The van der Waals surface area contributed by atoms with Crippen molar-refractivity contribution in [2.24, 2.45) is 0 Å². The summed E-state index contributed by atoms with van der Waals surface area (Å²) in [5.41, 5.74) is -0.0206. The Balaban J connectivity index is 2.82. The van der Waals surface area contributed by atoms with E-state index >= 15 is 0 Å². The van der Waals surface area contributed by atoms with E-state index in [1.807, 2.05) is 0 Å². The predicted molar refractivity (Wildman–Crippen MR) is 65.8 cm³/mol. The molecule has 0 aliphatic heterocycles. The molecule has 17 heavy (non-hydrogen) atoms. The van der Waals surface area contributed by atoms with Gasteiger partial charge in [-0.3, -0.25) is 5.32 Å². The quantitative estimate of drug-likeness (QED) is 0.818. The molecule has 0 fully saturated rings. The molecule has 3 nitrogen and oxygen atoms in total. The highest BCUT2D eigenvalue weighted by Gasteiger charge is 2.17. The molecule has 1 N–H and O–H groups in total. The molecule has 0 aromatic heterocycles. The van der Waals surface area contributed by atoms with Crippen molar-refractivity contribution in [3.63, 3.8) is 0 Å². The number of amides is 1. The van der Waals surface area contributed by atoms with Gasteiger partial charge in [-0.15, -0.1) is 11.6 Å². The Kier molecular flexibility index (Phi) is 4.34. The monoisotopic (exact) mass is 259 g/mol. The average Bonchev–Trinajstić information content (AvgIpc) is 2.14. The molecule has 0 spiro atoms. The number of alkyl halides is 1. The molecular formula is C12H15ClFNO2. The van der Waals surface area contributed by atoms with E-state index in [0.717, 1.165) is 0 Å². The van der Waals surface area contributed by atoms with E-state index in [9.17, 15) is 9.18 Å². The second-order valence-corrected chi connectivity index (χ2v) is 4.79. The number of carbonyl (C=O) groups is 1. The SMILES string of the molecule is CC(C)(C)OC(=O)Nc1cccc(F)c1CCl. The Morgan fingerprint density at radius 2 is 2.12 bits per heavy atom. The van der Waals surface area contributed by atoms with Gasteiger partial charge in [-0.05, 0) is 32.9 Å². The fourth-order valence-electron chi connectivity index (χ4n) is 1.23. The number of anilines is 1. The molecule has 0 saturated carbocycles. The van der Waals surface area contributed by atoms with Crippen LogP contribution in [0.3, 0.4) is 0 Å². The molecule has 1 amide bonds. The van der Waals surface area contributed by atoms with Crippen LogP contribution < -0.4 is 5.32 Å². The first-order chi connectivity index (χ1) is 7.83. The summed E-state index contributed by atoms with van der Waals surface area (Å²) in [6.07, 6.45) is -0.630. The van der Waals surface area contributed by atoms with Crippen molar-refractivity contribution < 1.29 is 13.9 Å². The molecule has 1 aromatic carbocycles. The van der Waals surface area contributed by atoms with Gasteiger partial charge < -0.3 is 4.74 Å². The molecule has 94 valence electrons. The zero-order chi connectivity index (χ0) is 13.1. The second kappa shape index (κ2) is 5.36. The highest BCUT2D eigenvalue weighted by atomic mass is 35.5. The van der Waals surface area contributed by atoms with Crippen molar-refractivity contribution >= 4 is 23.4 Å². The highest BCUT2D eigenvalue weighted by Crippen LogP contribution is 2.21. The lowest BCUT2D eigenvalue weighted by atomic mass is 10.2. The summed E-state index contributed by atoms with van der Waals surface area (Å²) in [6, 6.07) is 4.36. The molecular weight excluding hydrogens is 245 g/mol. The van der Waals surface area contributed by atoms with Gasteiger partial charge in [-0.2, -0.15) is 0 Å². The van der Waals surface area contributed by atoms with Crippen LogP contribution in [-0.2, 0) is 10.6 Å². The number of hydrogen-bond donors (Lipinski definition) is 1. The topological polar surface area (TPSA) is 38.3 Å². The molecule has 0 unspecified atom stereocenters. The molecule has 0 radical (unpaired) electrons. The molecule has 0 aliphatic carbocycles. The third-order valence-electron chi connectivity index (χ3n) is 1.89. The van der Waals surface area contributed by atoms with Gasteiger partial charge in [0.1, 0.15) is 11.4 Å². The number of nitrogens with one attached hydrogen (secondary N) is 1. The minimum Gasteiger partial charge on any atom is -0.444 e. The summed E-state index contributed by atoms with van der Waals surface area (Å²) in [6.45, 7) is 5.25. The first-order valence-electron chi connectivity index (χ1n) is 5.17. The van der Waals surface area contributed by atoms with Crippen molar-refractivity contribution in [1.82, 2.24) is 0 Å². The van der Waals surface area contributed by atoms with Crippen LogP contribution in [0.15, 0.2) is 18.2 Å². The third-order valence-corrected chi connectivity index (χ3v) is 2.16. The fourth-order valence-corrected chi connectivity index (χ4v) is 1.50. The minimum atomic E-state index is -0.630. The number of ether oxygens (including phenoxy) is 1. The van der Waals surface area contributed by atoms with E-state index in [1.165, 1.54) is 12.1 Å². The van der Waals surface area contributed by atoms with Crippen LogP contribution in [0, 0.1) is 5.82 Å². The van der Waals surface area contributed by atoms with Crippen molar-refractivity contribution in [2.45, 2.75) is 32.3 Å². The van der Waals surface area contributed by atoms with E-state index in [0.29, 0.717) is 5.69 Å². The van der Waals surface area contributed by atoms with Gasteiger partial charge >= 0.3 is 6.09 Å². The first-order valence-corrected chi connectivity index (χ1v) is 5.70. The van der Waals surface area contributed by atoms with Gasteiger partial charge in [0.2, 0.25) is 0 Å². The van der Waals surface area contributed by atoms with E-state index < -0.39 is 17.5 Å². The van der Waals surface area contributed by atoms with Crippen LogP contribution in [0.4, 0.5) is 14.9 Å². The van der Waals surface area contributed by atoms with Gasteiger partial charge in [-0.25, -0.2) is 9.18 Å². The van der Waals surface area contributed by atoms with Crippen LogP contribution >= 0.6 is 11.6 Å². The van der Waals surface area contributed by atoms with Crippen LogP contribution in [0.25, 0.3) is 0 Å². The number of rotatable bonds is 2. The molecule has 0 heterocycles. The van der Waals surface area contributed by atoms with Crippen molar-refractivity contribution in [1.29, 1.82) is 0 Å². The predicted octanol–water partition coefficient (Wildman–Crippen LogP) is 3.91. The van der Waals surface area contributed by atoms with Gasteiger partial charge in [0.15, 0.2) is 0 Å². The molecule has 1 rings (SSSR count). The van der Waals surface area contributed by atoms with Gasteiger partial charge in [-0.1, -0.05) is 6.07 Å². The molecule has 0 atom stereocenters. The minimum absolute atomic E-state index is 0.0161. The first kappa shape index (κ1) is 13.8. The van der Waals surface area contributed by atoms with Crippen LogP contribution in [-0.4, -0.2) is 11.7 Å². The molecule has 0 saturated heterocycles. The molecule has 0 bridgehead atoms. The van der Waals surface area contributed by atoms with Crippen molar-refractivity contribution in [3.05, 3.63) is 29.6 Å². The molecule has 0 aliphatic rings. The smallest absolute Gasteiger partial charge is 0.412 e. The number of hydrogen-bond acceptors (Lipinski definition) is 2. The average molecular weight is 260 g/mol. The zero-order valence-electron chi connectivity index (χ0n) is 10.0. The Hall–Kier alpha value is -1.29. The summed E-state index contributed by atoms with van der Waals surface area (Å²) >= 11 is 5.62. The zero-order valence-corrected chi connectivity index (χ0v) is 10.8. The third kappa shape index (κ3) is 4.23. The standard InChI is InChI=1S/C12H15ClFNO2/c1-12(2,3)17-11(16)15-10-6-4-5-9(14)8(10)7-13/h4-6H,7H2,1-3H3,(H,15,16). The normalized spacial score (nSPS) is 11.1. The highest BCUT2D eigenvalue weighted by molar-refractivity contribution is 6.17. The van der Waals surface area contributed by atoms with Crippen LogP contribution in [0.5, 0.6) is 0 Å². The maximum atomic E-state index is 13.4. The molecule has 1 aromatic rings. The summed E-state index contributed by atoms with van der Waals surface area (Å²) in [4.78, 5) is 11.5. The van der Waals surface area contributed by atoms with Gasteiger partial charge in [0.05, 0.1) is 11.6 Å². The Morgan fingerprint density at radius 3 is 2.65 bits per heavy atom. The summed E-state index contributed by atoms with van der Waals surface area (Å²) in [5, 5.41) is 2.47. The van der Waals surface area contributed by atoms with E-state index in [4.69, 9.17) is 16.3 Å². The summed E-state index contributed by atoms with van der Waals surface area (Å²) in [7, 11) is 0. The van der Waals surface area contributed by atoms with Crippen LogP contribution in [0.1, 0.15) is 26.3 Å². The maximum absolute atomic E-state index is 13.4. The summed E-state index contributed by atoms with van der Waals surface area (Å²) in [5.74, 6) is -0.466. The molecule has 5 heteroatoms. The van der Waals surface area contributed by atoms with Crippen molar-refractivity contribution in [2.75, 3.05) is 5.32 Å². The maximum Gasteiger partial charge on any atom is 0.412 e. The van der Waals surface area contributed by atoms with Gasteiger partial charge in [0, 0.05) is 5.56 Å². The second-order valence-electron chi connectivity index (χ2n) is 4.53. The fraction of sp³-hybridized carbons (Fsp3) is 0.417. The summed E-state index contributed by atoms with van der Waals surface area (Å²) < 4.78 is 18.4.